The smallest absolute Gasteiger partial charge is 0.249 e. The Morgan fingerprint density at radius 3 is 2.15 bits per heavy atom. The van der Waals surface area contributed by atoms with Crippen LogP contribution in [0.3, 0.4) is 0 Å². The minimum Gasteiger partial charge on any atom is -0.394 e. The molecular weight excluding hydrogens is 590 g/mol. The molecule has 1 N–H and O–H groups in total. The number of para-hydroxylation sites is 1. The maximum atomic E-state index is 15.0. The molecule has 0 aliphatic carbocycles. The molecule has 3 fully saturated rings. The van der Waals surface area contributed by atoms with Crippen molar-refractivity contribution in [2.75, 3.05) is 24.6 Å². The molecule has 3 aromatic rings. The van der Waals surface area contributed by atoms with Crippen LogP contribution >= 0.6 is 0 Å². The van der Waals surface area contributed by atoms with Gasteiger partial charge in [0.15, 0.2) is 0 Å². The molecule has 3 amide bonds. The molecule has 8 heteroatoms. The molecule has 3 unspecified atom stereocenters. The predicted octanol–water partition coefficient (Wildman–Crippen LogP) is 5.16. The fourth-order valence-electron chi connectivity index (χ4n) is 8.29. The van der Waals surface area contributed by atoms with Crippen molar-refractivity contribution in [1.82, 2.24) is 9.80 Å². The van der Waals surface area contributed by atoms with E-state index in [1.165, 1.54) is 4.90 Å². The Labute approximate surface area is 276 Å². The molecule has 0 radical (unpaired) electrons. The second-order valence-electron chi connectivity index (χ2n) is 13.1. The van der Waals surface area contributed by atoms with E-state index in [1.807, 2.05) is 105 Å². The number of carbonyl (C=O) groups excluding carboxylic acids is 3. The van der Waals surface area contributed by atoms with Gasteiger partial charge in [0.1, 0.15) is 11.6 Å². The van der Waals surface area contributed by atoms with E-state index >= 15 is 9.59 Å². The predicted molar refractivity (Wildman–Crippen MR) is 181 cm³/mol. The third kappa shape index (κ3) is 5.29. The molecule has 2 bridgehead atoms. The fraction of sp³-hybridized carbons (Fsp3) is 0.359. The van der Waals surface area contributed by atoms with Crippen LogP contribution in [-0.4, -0.2) is 69.6 Å². The van der Waals surface area contributed by atoms with Gasteiger partial charge in [0.2, 0.25) is 17.7 Å². The number of aliphatic hydroxyl groups excluding tert-OH is 1. The van der Waals surface area contributed by atoms with E-state index in [9.17, 15) is 9.90 Å². The van der Waals surface area contributed by atoms with Crippen LogP contribution in [-0.2, 0) is 25.7 Å². The quantitative estimate of drug-likeness (QED) is 0.278. The Bertz CT molecular complexity index is 1630. The van der Waals surface area contributed by atoms with Crippen LogP contribution in [0.25, 0.3) is 0 Å². The second-order valence-corrected chi connectivity index (χ2v) is 13.1. The minimum atomic E-state index is -1.28. The Kier molecular flexibility index (Phi) is 8.92. The highest BCUT2D eigenvalue weighted by Gasteiger charge is 2.80. The molecule has 6 rings (SSSR count). The Morgan fingerprint density at radius 1 is 0.957 bits per heavy atom. The van der Waals surface area contributed by atoms with Crippen molar-refractivity contribution in [3.05, 3.63) is 127 Å². The Hall–Kier alpha value is -4.53. The highest BCUT2D eigenvalue weighted by molar-refractivity contribution is 6.03. The van der Waals surface area contributed by atoms with E-state index in [4.69, 9.17) is 4.74 Å². The summed E-state index contributed by atoms with van der Waals surface area (Å²) in [5, 5.41) is 10.9. The van der Waals surface area contributed by atoms with Gasteiger partial charge in [0.25, 0.3) is 0 Å². The molecule has 244 valence electrons. The van der Waals surface area contributed by atoms with Crippen molar-refractivity contribution in [3.63, 3.8) is 0 Å². The van der Waals surface area contributed by atoms with Crippen molar-refractivity contribution >= 4 is 23.4 Å². The zero-order valence-corrected chi connectivity index (χ0v) is 27.1. The number of carbonyl (C=O) groups is 3. The van der Waals surface area contributed by atoms with E-state index in [0.717, 1.165) is 5.56 Å². The Balaban J connectivity index is 1.50. The number of fused-ring (bicyclic) bond motifs is 1. The molecule has 47 heavy (non-hydrogen) atoms. The van der Waals surface area contributed by atoms with Crippen molar-refractivity contribution in [2.45, 2.75) is 50.1 Å². The summed E-state index contributed by atoms with van der Waals surface area (Å²) in [4.78, 5) is 49.7. The average Bonchev–Trinajstić information content (AvgIpc) is 3.61. The van der Waals surface area contributed by atoms with Gasteiger partial charge in [0, 0.05) is 25.3 Å². The van der Waals surface area contributed by atoms with Gasteiger partial charge in [-0.3, -0.25) is 14.4 Å². The normalized spacial score (nSPS) is 28.1. The number of anilines is 1. The van der Waals surface area contributed by atoms with E-state index in [0.29, 0.717) is 24.2 Å². The third-order valence-electron chi connectivity index (χ3n) is 10.5. The molecule has 3 saturated heterocycles. The summed E-state index contributed by atoms with van der Waals surface area (Å²) in [6, 6.07) is 26.4. The van der Waals surface area contributed by atoms with Crippen LogP contribution in [0.4, 0.5) is 5.69 Å². The number of hydrogen-bond acceptors (Lipinski definition) is 5. The van der Waals surface area contributed by atoms with Gasteiger partial charge in [-0.1, -0.05) is 97.9 Å². The van der Waals surface area contributed by atoms with E-state index in [2.05, 4.69) is 13.2 Å². The van der Waals surface area contributed by atoms with Crippen molar-refractivity contribution in [3.8, 4) is 0 Å². The second kappa shape index (κ2) is 12.9. The molecule has 8 nitrogen and oxygen atoms in total. The van der Waals surface area contributed by atoms with Gasteiger partial charge >= 0.3 is 0 Å². The summed E-state index contributed by atoms with van der Waals surface area (Å²) in [7, 11) is 0. The first-order chi connectivity index (χ1) is 22.7. The monoisotopic (exact) mass is 633 g/mol. The van der Waals surface area contributed by atoms with Gasteiger partial charge in [-0.25, -0.2) is 0 Å². The fourth-order valence-corrected chi connectivity index (χ4v) is 8.29. The number of rotatable bonds is 12. The van der Waals surface area contributed by atoms with Crippen molar-refractivity contribution in [1.29, 1.82) is 0 Å². The number of ether oxygens (including phenoxy) is 1. The topological polar surface area (TPSA) is 90.4 Å². The number of amides is 3. The molecular formula is C39H43N3O5. The van der Waals surface area contributed by atoms with Gasteiger partial charge in [0.05, 0.1) is 30.1 Å². The van der Waals surface area contributed by atoms with Crippen molar-refractivity contribution in [2.24, 2.45) is 17.8 Å². The first-order valence-corrected chi connectivity index (χ1v) is 16.3. The summed E-state index contributed by atoms with van der Waals surface area (Å²) in [5.74, 6) is -2.83. The van der Waals surface area contributed by atoms with Gasteiger partial charge in [-0.2, -0.15) is 0 Å². The maximum Gasteiger partial charge on any atom is 0.249 e. The molecule has 3 aliphatic rings. The van der Waals surface area contributed by atoms with E-state index < -0.39 is 41.7 Å². The van der Waals surface area contributed by atoms with Crippen molar-refractivity contribution < 1.29 is 24.2 Å². The average molecular weight is 634 g/mol. The van der Waals surface area contributed by atoms with Crippen LogP contribution in [0.15, 0.2) is 116 Å². The summed E-state index contributed by atoms with van der Waals surface area (Å²) in [5.41, 5.74) is 0.0446. The first kappa shape index (κ1) is 32.4. The number of hydrogen-bond donors (Lipinski definition) is 1. The van der Waals surface area contributed by atoms with E-state index in [1.54, 1.807) is 22.0 Å². The number of benzene rings is 3. The van der Waals surface area contributed by atoms with Crippen LogP contribution in [0.5, 0.6) is 0 Å². The van der Waals surface area contributed by atoms with Crippen LogP contribution in [0.1, 0.15) is 37.4 Å². The zero-order valence-electron chi connectivity index (χ0n) is 27.1. The molecule has 3 heterocycles. The molecule has 0 aromatic heterocycles. The number of aliphatic hydroxyl groups is 1. The van der Waals surface area contributed by atoms with Gasteiger partial charge in [-0.15, -0.1) is 13.2 Å². The largest absolute Gasteiger partial charge is 0.394 e. The highest BCUT2D eigenvalue weighted by Crippen LogP contribution is 2.66. The summed E-state index contributed by atoms with van der Waals surface area (Å²) in [6.45, 7) is 12.2. The number of nitrogens with zero attached hydrogens (tertiary/aromatic N) is 3. The summed E-state index contributed by atoms with van der Waals surface area (Å²) >= 11 is 0. The molecule has 0 saturated carbocycles. The Morgan fingerprint density at radius 2 is 1.55 bits per heavy atom. The summed E-state index contributed by atoms with van der Waals surface area (Å²) < 4.78 is 7.03. The lowest BCUT2D eigenvalue weighted by Gasteiger charge is -2.39. The highest BCUT2D eigenvalue weighted by atomic mass is 16.5. The lowest BCUT2D eigenvalue weighted by molar-refractivity contribution is -0.156. The van der Waals surface area contributed by atoms with Crippen LogP contribution in [0.2, 0.25) is 0 Å². The maximum absolute atomic E-state index is 15.0. The first-order valence-electron chi connectivity index (χ1n) is 16.3. The SMILES string of the molecule is C=CCN(Cc1ccccc1)C(=O)C1N([C@H](CO)c2ccccc2)C(=O)[C@@H]2[C@H](C(=O)N(CC=C)c3ccccc3)[C@@]3(C)OC12CC3C. The van der Waals surface area contributed by atoms with Gasteiger partial charge < -0.3 is 24.5 Å². The summed E-state index contributed by atoms with van der Waals surface area (Å²) in [6.07, 6.45) is 3.77. The molecule has 7 atom stereocenters. The lowest BCUT2D eigenvalue weighted by atomic mass is 9.62. The van der Waals surface area contributed by atoms with E-state index in [-0.39, 0.29) is 36.7 Å². The third-order valence-corrected chi connectivity index (χ3v) is 10.5. The van der Waals surface area contributed by atoms with Crippen LogP contribution < -0.4 is 4.90 Å². The lowest BCUT2D eigenvalue weighted by Crippen LogP contribution is -2.57. The van der Waals surface area contributed by atoms with Crippen LogP contribution in [0, 0.1) is 17.8 Å². The molecule has 3 aliphatic heterocycles. The minimum absolute atomic E-state index is 0.136. The van der Waals surface area contributed by atoms with Gasteiger partial charge in [-0.05, 0) is 42.5 Å². The zero-order chi connectivity index (χ0) is 33.3. The molecule has 3 aromatic carbocycles. The molecule has 1 spiro atoms. The standard InChI is InChI=1S/C39H43N3O5/c1-5-22-40(25-28-16-10-7-11-17-28)37(46)34-39-24-27(3)38(4,47-39)32(35(44)41(23-6-2)30-20-14-9-15-21-30)33(39)36(45)42(34)31(26-43)29-18-12-8-13-19-29/h5-21,27,31-34,43H,1-2,22-26H2,3-4H3/t27?,31-,32-,33+,34?,38+,39?/m1/s1. The number of likely N-dealkylation sites (tertiary alicyclic amines) is 1.